The van der Waals surface area contributed by atoms with Gasteiger partial charge in [-0.15, -0.1) is 22.7 Å². The Morgan fingerprint density at radius 2 is 2.36 bits per heavy atom. The number of aliphatic hydroxyl groups is 1. The monoisotopic (exact) mass is 245 g/mol. The van der Waals surface area contributed by atoms with Crippen molar-refractivity contribution in [3.8, 4) is 0 Å². The highest BCUT2D eigenvalue weighted by molar-refractivity contribution is 7.16. The van der Waals surface area contributed by atoms with Crippen LogP contribution in [0.15, 0.2) is 23.8 Å². The number of nitrogens with zero attached hydrogens (tertiary/aromatic N) is 1. The van der Waals surface area contributed by atoms with Crippen LogP contribution in [0.2, 0.25) is 4.34 Å². The van der Waals surface area contributed by atoms with E-state index >= 15 is 0 Å². The Morgan fingerprint density at radius 3 is 2.93 bits per heavy atom. The fourth-order valence-corrected chi connectivity index (χ4v) is 2.82. The van der Waals surface area contributed by atoms with Crippen molar-refractivity contribution in [3.05, 3.63) is 37.9 Å². The Labute approximate surface area is 94.8 Å². The van der Waals surface area contributed by atoms with E-state index in [1.54, 1.807) is 29.1 Å². The van der Waals surface area contributed by atoms with Gasteiger partial charge in [-0.1, -0.05) is 11.6 Å². The van der Waals surface area contributed by atoms with Crippen molar-refractivity contribution < 1.29 is 5.11 Å². The van der Waals surface area contributed by atoms with Gasteiger partial charge in [0.25, 0.3) is 0 Å². The van der Waals surface area contributed by atoms with E-state index in [0.29, 0.717) is 10.8 Å². The average Bonchev–Trinajstić information content (AvgIpc) is 2.75. The summed E-state index contributed by atoms with van der Waals surface area (Å²) in [5.41, 5.74) is 1.77. The van der Waals surface area contributed by atoms with Gasteiger partial charge < -0.3 is 5.11 Å². The second kappa shape index (κ2) is 4.40. The van der Waals surface area contributed by atoms with Crippen LogP contribution in [-0.2, 0) is 6.42 Å². The standard InChI is InChI=1S/C9H8ClNOS2/c10-9-2-1-8(14-9)7(12)3-6-4-11-5-13-6/h1-2,4-5,7,12H,3H2. The van der Waals surface area contributed by atoms with E-state index in [1.165, 1.54) is 11.3 Å². The minimum absolute atomic E-state index is 0.465. The van der Waals surface area contributed by atoms with E-state index in [0.717, 1.165) is 9.75 Å². The largest absolute Gasteiger partial charge is 0.387 e. The first-order valence-corrected chi connectivity index (χ1v) is 6.14. The molecule has 5 heteroatoms. The first-order valence-electron chi connectivity index (χ1n) is 4.06. The summed E-state index contributed by atoms with van der Waals surface area (Å²) in [5.74, 6) is 0. The topological polar surface area (TPSA) is 33.1 Å². The van der Waals surface area contributed by atoms with Gasteiger partial charge in [0.05, 0.1) is 16.0 Å². The van der Waals surface area contributed by atoms with Crippen LogP contribution in [-0.4, -0.2) is 10.1 Å². The maximum atomic E-state index is 9.84. The lowest BCUT2D eigenvalue weighted by Crippen LogP contribution is -1.97. The van der Waals surface area contributed by atoms with Gasteiger partial charge in [0.15, 0.2) is 0 Å². The van der Waals surface area contributed by atoms with Gasteiger partial charge in [-0.05, 0) is 12.1 Å². The summed E-state index contributed by atoms with van der Waals surface area (Å²) in [4.78, 5) is 5.95. The summed E-state index contributed by atoms with van der Waals surface area (Å²) < 4.78 is 0.711. The predicted molar refractivity (Wildman–Crippen MR) is 60.1 cm³/mol. The third-order valence-corrected chi connectivity index (χ3v) is 3.93. The molecular weight excluding hydrogens is 238 g/mol. The van der Waals surface area contributed by atoms with Crippen molar-refractivity contribution in [1.29, 1.82) is 0 Å². The Kier molecular flexibility index (Phi) is 3.18. The lowest BCUT2D eigenvalue weighted by atomic mass is 10.2. The van der Waals surface area contributed by atoms with Crippen molar-refractivity contribution in [2.24, 2.45) is 0 Å². The number of aliphatic hydroxyl groups excluding tert-OH is 1. The van der Waals surface area contributed by atoms with Gasteiger partial charge in [0, 0.05) is 22.4 Å². The van der Waals surface area contributed by atoms with Crippen LogP contribution >= 0.6 is 34.3 Å². The van der Waals surface area contributed by atoms with Crippen LogP contribution < -0.4 is 0 Å². The zero-order valence-corrected chi connectivity index (χ0v) is 9.57. The number of thiazole rings is 1. The molecule has 0 spiro atoms. The van der Waals surface area contributed by atoms with E-state index in [1.807, 2.05) is 6.07 Å². The van der Waals surface area contributed by atoms with Crippen LogP contribution in [0.1, 0.15) is 15.9 Å². The molecule has 0 aliphatic rings. The van der Waals surface area contributed by atoms with E-state index < -0.39 is 6.10 Å². The molecule has 0 saturated carbocycles. The second-order valence-electron chi connectivity index (χ2n) is 2.83. The molecule has 14 heavy (non-hydrogen) atoms. The number of rotatable bonds is 3. The highest BCUT2D eigenvalue weighted by atomic mass is 35.5. The Morgan fingerprint density at radius 1 is 1.50 bits per heavy atom. The molecule has 0 bridgehead atoms. The van der Waals surface area contributed by atoms with Gasteiger partial charge in [0.2, 0.25) is 0 Å². The number of hydrogen-bond acceptors (Lipinski definition) is 4. The van der Waals surface area contributed by atoms with Gasteiger partial charge in [-0.2, -0.15) is 0 Å². The maximum absolute atomic E-state index is 9.84. The molecule has 2 aromatic heterocycles. The molecule has 0 amide bonds. The Bertz CT molecular complexity index is 399. The molecule has 0 radical (unpaired) electrons. The summed E-state index contributed by atoms with van der Waals surface area (Å²) in [6.45, 7) is 0. The smallest absolute Gasteiger partial charge is 0.0932 e. The van der Waals surface area contributed by atoms with Crippen molar-refractivity contribution >= 4 is 34.3 Å². The van der Waals surface area contributed by atoms with Crippen molar-refractivity contribution in [3.63, 3.8) is 0 Å². The van der Waals surface area contributed by atoms with Gasteiger partial charge >= 0.3 is 0 Å². The first kappa shape index (κ1) is 10.1. The molecule has 0 aliphatic heterocycles. The molecular formula is C9H8ClNOS2. The summed E-state index contributed by atoms with van der Waals surface area (Å²) in [7, 11) is 0. The molecule has 0 fully saturated rings. The molecule has 74 valence electrons. The predicted octanol–water partition coefficient (Wildman–Crippen LogP) is 3.13. The third-order valence-electron chi connectivity index (χ3n) is 1.80. The molecule has 0 aromatic carbocycles. The van der Waals surface area contributed by atoms with Crippen molar-refractivity contribution in [2.75, 3.05) is 0 Å². The van der Waals surface area contributed by atoms with Crippen LogP contribution in [0.5, 0.6) is 0 Å². The van der Waals surface area contributed by atoms with Crippen LogP contribution in [0, 0.1) is 0 Å². The molecule has 2 rings (SSSR count). The highest BCUT2D eigenvalue weighted by Crippen LogP contribution is 2.29. The average molecular weight is 246 g/mol. The summed E-state index contributed by atoms with van der Waals surface area (Å²) >= 11 is 8.75. The number of halogens is 1. The van der Waals surface area contributed by atoms with E-state index in [9.17, 15) is 5.11 Å². The van der Waals surface area contributed by atoms with Gasteiger partial charge in [-0.3, -0.25) is 4.98 Å². The highest BCUT2D eigenvalue weighted by Gasteiger charge is 2.11. The number of aromatic nitrogens is 1. The zero-order valence-electron chi connectivity index (χ0n) is 7.18. The minimum Gasteiger partial charge on any atom is -0.387 e. The summed E-state index contributed by atoms with van der Waals surface area (Å²) in [6.07, 6.45) is 1.93. The third kappa shape index (κ3) is 2.33. The van der Waals surface area contributed by atoms with Crippen LogP contribution in [0.3, 0.4) is 0 Å². The van der Waals surface area contributed by atoms with Crippen LogP contribution in [0.4, 0.5) is 0 Å². The molecule has 0 saturated heterocycles. The molecule has 0 aliphatic carbocycles. The SMILES string of the molecule is OC(Cc1cncs1)c1ccc(Cl)s1. The molecule has 2 heterocycles. The van der Waals surface area contributed by atoms with Crippen LogP contribution in [0.25, 0.3) is 0 Å². The van der Waals surface area contributed by atoms with Gasteiger partial charge in [-0.25, -0.2) is 0 Å². The molecule has 2 aromatic rings. The maximum Gasteiger partial charge on any atom is 0.0932 e. The fourth-order valence-electron chi connectivity index (χ4n) is 1.14. The minimum atomic E-state index is -0.465. The first-order chi connectivity index (χ1) is 6.75. The Balaban J connectivity index is 2.06. The van der Waals surface area contributed by atoms with E-state index in [-0.39, 0.29) is 0 Å². The zero-order chi connectivity index (χ0) is 9.97. The van der Waals surface area contributed by atoms with Crippen molar-refractivity contribution in [1.82, 2.24) is 4.98 Å². The summed E-state index contributed by atoms with van der Waals surface area (Å²) in [5, 5.41) is 9.84. The van der Waals surface area contributed by atoms with Crippen molar-refractivity contribution in [2.45, 2.75) is 12.5 Å². The lowest BCUT2D eigenvalue weighted by molar-refractivity contribution is 0.183. The normalized spacial score (nSPS) is 13.0. The Hall–Kier alpha value is -0.420. The quantitative estimate of drug-likeness (QED) is 0.901. The lowest BCUT2D eigenvalue weighted by Gasteiger charge is -2.05. The number of thiophene rings is 1. The number of hydrogen-bond donors (Lipinski definition) is 1. The summed E-state index contributed by atoms with van der Waals surface area (Å²) in [6, 6.07) is 3.66. The van der Waals surface area contributed by atoms with E-state index in [4.69, 9.17) is 11.6 Å². The second-order valence-corrected chi connectivity index (χ2v) is 5.55. The van der Waals surface area contributed by atoms with E-state index in [2.05, 4.69) is 4.98 Å². The molecule has 1 unspecified atom stereocenters. The molecule has 1 N–H and O–H groups in total. The molecule has 1 atom stereocenters. The molecule has 2 nitrogen and oxygen atoms in total. The van der Waals surface area contributed by atoms with Gasteiger partial charge in [0.1, 0.15) is 0 Å². The fraction of sp³-hybridized carbons (Fsp3) is 0.222.